The third-order valence-corrected chi connectivity index (χ3v) is 7.77. The summed E-state index contributed by atoms with van der Waals surface area (Å²) in [7, 11) is 1.66. The summed E-state index contributed by atoms with van der Waals surface area (Å²) < 4.78 is 0. The molecular formula is C27H27ClN4OS. The fraction of sp³-hybridized carbons (Fsp3) is 0.296. The van der Waals surface area contributed by atoms with Gasteiger partial charge in [0.25, 0.3) is 0 Å². The summed E-state index contributed by atoms with van der Waals surface area (Å²) in [4.78, 5) is 20.7. The smallest absolute Gasteiger partial charge is 0.239 e. The summed E-state index contributed by atoms with van der Waals surface area (Å²) >= 11 is 7.75. The monoisotopic (exact) mass is 490 g/mol. The van der Waals surface area contributed by atoms with Crippen molar-refractivity contribution in [1.82, 2.24) is 4.90 Å². The van der Waals surface area contributed by atoms with Crippen molar-refractivity contribution in [2.75, 3.05) is 7.05 Å². The van der Waals surface area contributed by atoms with Crippen molar-refractivity contribution < 1.29 is 4.79 Å². The number of nitrogens with zero attached hydrogens (tertiary/aromatic N) is 3. The minimum absolute atomic E-state index is 0.0136. The largest absolute Gasteiger partial charge is 0.369 e. The third kappa shape index (κ3) is 4.22. The summed E-state index contributed by atoms with van der Waals surface area (Å²) in [6, 6.07) is 17.7. The first-order valence-electron chi connectivity index (χ1n) is 11.0. The minimum Gasteiger partial charge on any atom is -0.369 e. The molecule has 2 heterocycles. The number of amides is 1. The van der Waals surface area contributed by atoms with Crippen molar-refractivity contribution in [1.29, 1.82) is 5.26 Å². The molecule has 0 spiro atoms. The number of hydrogen-bond acceptors (Lipinski definition) is 5. The average molecular weight is 491 g/mol. The molecule has 174 valence electrons. The maximum atomic E-state index is 13.5. The molecule has 2 aromatic carbocycles. The second-order valence-corrected chi connectivity index (χ2v) is 11.2. The van der Waals surface area contributed by atoms with Gasteiger partial charge in [0, 0.05) is 16.9 Å². The number of carbonyl (C=O) groups is 1. The van der Waals surface area contributed by atoms with Gasteiger partial charge in [-0.1, -0.05) is 56.6 Å². The lowest BCUT2D eigenvalue weighted by atomic mass is 9.76. The van der Waals surface area contributed by atoms with Crippen molar-refractivity contribution in [3.63, 3.8) is 0 Å². The molecule has 5 nitrogen and oxygen atoms in total. The lowest BCUT2D eigenvalue weighted by Crippen LogP contribution is -2.52. The maximum Gasteiger partial charge on any atom is 0.239 e. The van der Waals surface area contributed by atoms with Gasteiger partial charge < -0.3 is 5.73 Å². The Balaban J connectivity index is 1.82. The minimum atomic E-state index is -0.878. The van der Waals surface area contributed by atoms with Gasteiger partial charge in [-0.2, -0.15) is 5.26 Å². The van der Waals surface area contributed by atoms with Crippen LogP contribution in [0.3, 0.4) is 0 Å². The molecule has 1 amide bonds. The number of benzene rings is 2. The van der Waals surface area contributed by atoms with Gasteiger partial charge in [0.05, 0.1) is 17.6 Å². The first-order chi connectivity index (χ1) is 15.9. The van der Waals surface area contributed by atoms with Gasteiger partial charge in [-0.15, -0.1) is 11.3 Å². The van der Waals surface area contributed by atoms with Crippen LogP contribution in [0.2, 0.25) is 5.02 Å². The second-order valence-electron chi connectivity index (χ2n) is 9.86. The fourth-order valence-corrected chi connectivity index (χ4v) is 5.63. The molecule has 0 bridgehead atoms. The Kier molecular flexibility index (Phi) is 6.05. The number of likely N-dealkylation sites (N-methyl/N-ethyl adjacent to an activating group) is 1. The predicted octanol–water partition coefficient (Wildman–Crippen LogP) is 6.02. The molecule has 0 saturated carbocycles. The normalized spacial score (nSPS) is 20.7. The van der Waals surface area contributed by atoms with E-state index in [2.05, 4.69) is 39.0 Å². The molecule has 4 rings (SSSR count). The highest BCUT2D eigenvalue weighted by atomic mass is 35.5. The van der Waals surface area contributed by atoms with Gasteiger partial charge in [0.15, 0.2) is 5.96 Å². The molecule has 2 N–H and O–H groups in total. The highest BCUT2D eigenvalue weighted by Crippen LogP contribution is 2.47. The molecule has 34 heavy (non-hydrogen) atoms. The van der Waals surface area contributed by atoms with Crippen LogP contribution in [0.15, 0.2) is 58.9 Å². The number of rotatable bonds is 3. The van der Waals surface area contributed by atoms with Crippen LogP contribution in [0.4, 0.5) is 0 Å². The zero-order chi connectivity index (χ0) is 24.8. The Bertz CT molecular complexity index is 1330. The van der Waals surface area contributed by atoms with E-state index < -0.39 is 11.5 Å². The molecular weight excluding hydrogens is 464 g/mol. The Labute approximate surface area is 209 Å². The molecule has 2 atom stereocenters. The van der Waals surface area contributed by atoms with E-state index in [1.807, 2.05) is 36.6 Å². The van der Waals surface area contributed by atoms with Crippen LogP contribution in [-0.4, -0.2) is 23.8 Å². The highest BCUT2D eigenvalue weighted by Gasteiger charge is 2.48. The lowest BCUT2D eigenvalue weighted by molar-refractivity contribution is -0.130. The number of nitrogens with two attached hydrogens (primary N) is 1. The Hall–Kier alpha value is -3.14. The van der Waals surface area contributed by atoms with Gasteiger partial charge in [-0.25, -0.2) is 4.99 Å². The number of aliphatic imine (C=N–C) groups is 1. The number of halogens is 1. The Morgan fingerprint density at radius 1 is 1.15 bits per heavy atom. The standard InChI is InChI=1S/C27H27ClN4OS/c1-26(2,3)20-8-6-17(7-9-20)23-24(33)32(5)25(30)31-27(23,4)22-13-19(15-34-22)18-10-16(14-29)11-21(28)12-18/h6-13,15,23H,1-5H3,(H2,30,31)/t23-,27-/m1/s1. The van der Waals surface area contributed by atoms with Crippen LogP contribution in [0.1, 0.15) is 55.2 Å². The van der Waals surface area contributed by atoms with Gasteiger partial charge >= 0.3 is 0 Å². The van der Waals surface area contributed by atoms with Gasteiger partial charge in [0.2, 0.25) is 5.91 Å². The van der Waals surface area contributed by atoms with Crippen LogP contribution in [0.25, 0.3) is 11.1 Å². The Morgan fingerprint density at radius 2 is 1.82 bits per heavy atom. The highest BCUT2D eigenvalue weighted by molar-refractivity contribution is 7.10. The predicted molar refractivity (Wildman–Crippen MR) is 139 cm³/mol. The van der Waals surface area contributed by atoms with E-state index in [9.17, 15) is 10.1 Å². The zero-order valence-corrected chi connectivity index (χ0v) is 21.5. The molecule has 1 aliphatic rings. The van der Waals surface area contributed by atoms with Crippen molar-refractivity contribution in [3.8, 4) is 17.2 Å². The zero-order valence-electron chi connectivity index (χ0n) is 19.9. The molecule has 1 aliphatic heterocycles. The van der Waals surface area contributed by atoms with Crippen LogP contribution < -0.4 is 5.73 Å². The molecule has 0 radical (unpaired) electrons. The summed E-state index contributed by atoms with van der Waals surface area (Å²) in [5.41, 5.74) is 9.67. The van der Waals surface area contributed by atoms with E-state index in [1.165, 1.54) is 21.8 Å². The van der Waals surface area contributed by atoms with Crippen LogP contribution >= 0.6 is 22.9 Å². The SMILES string of the molecule is CN1C(=O)[C@@H](c2ccc(C(C)(C)C)cc2)[C@@](C)(c2cc(-c3cc(Cl)cc(C#N)c3)cs2)N=C1N. The van der Waals surface area contributed by atoms with Crippen LogP contribution in [-0.2, 0) is 15.7 Å². The number of carbonyl (C=O) groups excluding carboxylic acids is 1. The van der Waals surface area contributed by atoms with E-state index in [0.29, 0.717) is 10.6 Å². The van der Waals surface area contributed by atoms with E-state index >= 15 is 0 Å². The summed E-state index contributed by atoms with van der Waals surface area (Å²) in [5.74, 6) is -0.429. The van der Waals surface area contributed by atoms with E-state index in [4.69, 9.17) is 22.3 Å². The van der Waals surface area contributed by atoms with Crippen LogP contribution in [0, 0.1) is 11.3 Å². The van der Waals surface area contributed by atoms with Gasteiger partial charge in [0.1, 0.15) is 5.54 Å². The molecule has 0 saturated heterocycles. The maximum absolute atomic E-state index is 13.5. The molecule has 7 heteroatoms. The number of nitriles is 1. The van der Waals surface area contributed by atoms with Gasteiger partial charge in [-0.05, 0) is 64.2 Å². The van der Waals surface area contributed by atoms with Crippen molar-refractivity contribution in [2.24, 2.45) is 10.7 Å². The molecule has 0 unspecified atom stereocenters. The van der Waals surface area contributed by atoms with Crippen molar-refractivity contribution >= 4 is 34.8 Å². The quantitative estimate of drug-likeness (QED) is 0.487. The number of thiophene rings is 1. The number of hydrogen-bond donors (Lipinski definition) is 1. The third-order valence-electron chi connectivity index (χ3n) is 6.40. The van der Waals surface area contributed by atoms with E-state index in [1.54, 1.807) is 19.2 Å². The fourth-order valence-electron chi connectivity index (χ4n) is 4.34. The Morgan fingerprint density at radius 3 is 2.44 bits per heavy atom. The van der Waals surface area contributed by atoms with Gasteiger partial charge in [-0.3, -0.25) is 9.69 Å². The summed E-state index contributed by atoms with van der Waals surface area (Å²) in [6.45, 7) is 8.45. The van der Waals surface area contributed by atoms with E-state index in [-0.39, 0.29) is 17.3 Å². The molecule has 0 aliphatic carbocycles. The molecule has 0 fully saturated rings. The van der Waals surface area contributed by atoms with Crippen molar-refractivity contribution in [2.45, 2.75) is 44.6 Å². The average Bonchev–Trinajstić information content (AvgIpc) is 3.28. The van der Waals surface area contributed by atoms with Crippen LogP contribution in [0.5, 0.6) is 0 Å². The first kappa shape index (κ1) is 24.0. The molecule has 1 aromatic heterocycles. The number of guanidine groups is 1. The van der Waals surface area contributed by atoms with E-state index in [0.717, 1.165) is 21.6 Å². The first-order valence-corrected chi connectivity index (χ1v) is 12.2. The summed E-state index contributed by atoms with van der Waals surface area (Å²) in [6.07, 6.45) is 0. The summed E-state index contributed by atoms with van der Waals surface area (Å²) in [5, 5.41) is 11.8. The second kappa shape index (κ2) is 8.57. The molecule has 3 aromatic rings. The topological polar surface area (TPSA) is 82.5 Å². The lowest BCUT2D eigenvalue weighted by Gasteiger charge is -2.40. The van der Waals surface area contributed by atoms with Crippen molar-refractivity contribution in [3.05, 3.63) is 80.5 Å².